The van der Waals surface area contributed by atoms with Crippen molar-refractivity contribution < 1.29 is 18.0 Å². The van der Waals surface area contributed by atoms with E-state index in [0.29, 0.717) is 36.3 Å². The molecule has 3 aromatic rings. The maximum absolute atomic E-state index is 14.5. The zero-order chi connectivity index (χ0) is 24.4. The lowest BCUT2D eigenvalue weighted by molar-refractivity contribution is -0.123. The fourth-order valence-electron chi connectivity index (χ4n) is 5.22. The van der Waals surface area contributed by atoms with Gasteiger partial charge in [-0.1, -0.05) is 13.8 Å². The zero-order valence-electron chi connectivity index (χ0n) is 19.9. The number of likely N-dealkylation sites (tertiary alicyclic amines) is 1. The third-order valence-corrected chi connectivity index (χ3v) is 6.87. The average molecular weight is 472 g/mol. The molecule has 2 heterocycles. The second-order valence-electron chi connectivity index (χ2n) is 9.28. The van der Waals surface area contributed by atoms with Gasteiger partial charge in [0.15, 0.2) is 0 Å². The molecule has 2 aliphatic rings. The van der Waals surface area contributed by atoms with Crippen LogP contribution >= 0.6 is 0 Å². The summed E-state index contributed by atoms with van der Waals surface area (Å²) in [7, 11) is 2.07. The highest BCUT2D eigenvalue weighted by Crippen LogP contribution is 2.45. The van der Waals surface area contributed by atoms with E-state index in [1.807, 2.05) is 13.8 Å². The third kappa shape index (κ3) is 4.99. The Balaban J connectivity index is 0.00000133. The number of hydrogen-bond donors (Lipinski definition) is 2. The van der Waals surface area contributed by atoms with Crippen LogP contribution in [-0.4, -0.2) is 42.0 Å². The van der Waals surface area contributed by atoms with Crippen molar-refractivity contribution in [3.8, 4) is 11.3 Å². The first kappa shape index (κ1) is 24.3. The summed E-state index contributed by atoms with van der Waals surface area (Å²) >= 11 is 0. The van der Waals surface area contributed by atoms with E-state index >= 15 is 0 Å². The number of nitrogens with one attached hydrogen (secondary N) is 2. The van der Waals surface area contributed by atoms with E-state index in [0.717, 1.165) is 36.7 Å². The molecule has 1 saturated carbocycles. The summed E-state index contributed by atoms with van der Waals surface area (Å²) in [4.78, 5) is 17.8. The number of carbonyl (C=O) groups is 1. The van der Waals surface area contributed by atoms with Crippen LogP contribution in [0.15, 0.2) is 36.4 Å². The summed E-state index contributed by atoms with van der Waals surface area (Å²) in [6.45, 7) is 5.98. The number of rotatable bonds is 5. The summed E-state index contributed by atoms with van der Waals surface area (Å²) in [6, 6.07) is 8.23. The van der Waals surface area contributed by atoms with Crippen molar-refractivity contribution in [2.45, 2.75) is 51.5 Å². The van der Waals surface area contributed by atoms with E-state index in [2.05, 4.69) is 22.2 Å². The molecule has 4 nitrogen and oxygen atoms in total. The number of fused-ring (bicyclic) bond motifs is 1. The molecule has 0 radical (unpaired) electrons. The SMILES string of the molecule is CC.CN1CCC(CC(=O)NC2CC(c3c(-c4ccc(F)cc4)[nH]c4c(F)cc(F)cc34)C2)C1. The number of benzene rings is 2. The normalized spacial score (nSPS) is 22.2. The van der Waals surface area contributed by atoms with Crippen LogP contribution in [0.2, 0.25) is 0 Å². The number of amides is 1. The Hall–Kier alpha value is -2.80. The fourth-order valence-corrected chi connectivity index (χ4v) is 5.22. The number of aromatic amines is 1. The van der Waals surface area contributed by atoms with Gasteiger partial charge in [-0.05, 0) is 86.1 Å². The predicted molar refractivity (Wildman–Crippen MR) is 129 cm³/mol. The van der Waals surface area contributed by atoms with Crippen molar-refractivity contribution in [2.75, 3.05) is 20.1 Å². The van der Waals surface area contributed by atoms with Crippen molar-refractivity contribution in [3.63, 3.8) is 0 Å². The smallest absolute Gasteiger partial charge is 0.220 e. The molecule has 2 N–H and O–H groups in total. The topological polar surface area (TPSA) is 48.1 Å². The van der Waals surface area contributed by atoms with Gasteiger partial charge in [-0.15, -0.1) is 0 Å². The first-order valence-electron chi connectivity index (χ1n) is 12.1. The molecule has 7 heteroatoms. The Bertz CT molecular complexity index is 1150. The standard InChI is InChI=1S/C25H26F3N3O.C2H6/c1-31-7-6-14(13-31)8-22(32)29-19-9-16(10-19)23-20-11-18(27)12-21(28)25(20)30-24(23)15-2-4-17(26)5-3-15;1-2/h2-5,11-12,14,16,19,30H,6-10,13H2,1H3,(H,29,32);1-2H3. The minimum Gasteiger partial charge on any atom is -0.353 e. The van der Waals surface area contributed by atoms with Gasteiger partial charge in [0.1, 0.15) is 17.5 Å². The van der Waals surface area contributed by atoms with Crippen molar-refractivity contribution >= 4 is 16.8 Å². The number of nitrogens with zero attached hydrogens (tertiary/aromatic N) is 1. The molecule has 1 amide bonds. The number of hydrogen-bond acceptors (Lipinski definition) is 2. The maximum Gasteiger partial charge on any atom is 0.220 e. The van der Waals surface area contributed by atoms with Gasteiger partial charge in [-0.3, -0.25) is 4.79 Å². The minimum absolute atomic E-state index is 0.0490. The Kier molecular flexibility index (Phi) is 7.31. The van der Waals surface area contributed by atoms with Crippen LogP contribution in [-0.2, 0) is 4.79 Å². The average Bonchev–Trinajstić information content (AvgIpc) is 3.36. The van der Waals surface area contributed by atoms with E-state index in [1.54, 1.807) is 12.1 Å². The summed E-state index contributed by atoms with van der Waals surface area (Å²) in [5.74, 6) is -1.12. The molecule has 1 aliphatic heterocycles. The number of H-pyrrole nitrogens is 1. The van der Waals surface area contributed by atoms with Gasteiger partial charge in [-0.25, -0.2) is 13.2 Å². The number of carbonyl (C=O) groups excluding carboxylic acids is 1. The predicted octanol–water partition coefficient (Wildman–Crippen LogP) is 5.98. The van der Waals surface area contributed by atoms with E-state index in [1.165, 1.54) is 18.2 Å². The van der Waals surface area contributed by atoms with Crippen LogP contribution < -0.4 is 5.32 Å². The van der Waals surface area contributed by atoms with Crippen LogP contribution in [0.1, 0.15) is 51.0 Å². The molecule has 2 aromatic carbocycles. The minimum atomic E-state index is -0.652. The quantitative estimate of drug-likeness (QED) is 0.481. The monoisotopic (exact) mass is 471 g/mol. The van der Waals surface area contributed by atoms with Gasteiger partial charge in [0, 0.05) is 30.5 Å². The fraction of sp³-hybridized carbons (Fsp3) is 0.444. The van der Waals surface area contributed by atoms with Gasteiger partial charge in [0.2, 0.25) is 5.91 Å². The molecule has 1 aliphatic carbocycles. The summed E-state index contributed by atoms with van der Waals surface area (Å²) in [5.41, 5.74) is 2.47. The Morgan fingerprint density at radius 2 is 1.79 bits per heavy atom. The van der Waals surface area contributed by atoms with Crippen LogP contribution in [0.4, 0.5) is 13.2 Å². The van der Waals surface area contributed by atoms with Crippen LogP contribution in [0.25, 0.3) is 22.2 Å². The highest BCUT2D eigenvalue weighted by Gasteiger charge is 2.36. The Labute approximate surface area is 198 Å². The zero-order valence-corrected chi connectivity index (χ0v) is 19.9. The van der Waals surface area contributed by atoms with Crippen molar-refractivity contribution in [3.05, 3.63) is 59.4 Å². The number of aromatic nitrogens is 1. The molecule has 1 atom stereocenters. The van der Waals surface area contributed by atoms with Crippen LogP contribution in [0.5, 0.6) is 0 Å². The molecule has 1 unspecified atom stereocenters. The molecule has 0 spiro atoms. The molecule has 5 rings (SSSR count). The van der Waals surface area contributed by atoms with Crippen molar-refractivity contribution in [1.29, 1.82) is 0 Å². The molecule has 34 heavy (non-hydrogen) atoms. The lowest BCUT2D eigenvalue weighted by atomic mass is 9.74. The molecule has 1 aromatic heterocycles. The second-order valence-corrected chi connectivity index (χ2v) is 9.28. The second kappa shape index (κ2) is 10.2. The summed E-state index contributed by atoms with van der Waals surface area (Å²) < 4.78 is 42.0. The van der Waals surface area contributed by atoms with E-state index in [9.17, 15) is 18.0 Å². The first-order valence-corrected chi connectivity index (χ1v) is 12.1. The molecular weight excluding hydrogens is 439 g/mol. The third-order valence-electron chi connectivity index (χ3n) is 6.87. The summed E-state index contributed by atoms with van der Waals surface area (Å²) in [5, 5.41) is 3.63. The van der Waals surface area contributed by atoms with Gasteiger partial charge in [-0.2, -0.15) is 0 Å². The largest absolute Gasteiger partial charge is 0.353 e. The summed E-state index contributed by atoms with van der Waals surface area (Å²) in [6.07, 6.45) is 2.99. The number of halogens is 3. The van der Waals surface area contributed by atoms with Gasteiger partial charge < -0.3 is 15.2 Å². The van der Waals surface area contributed by atoms with E-state index in [-0.39, 0.29) is 29.2 Å². The highest BCUT2D eigenvalue weighted by atomic mass is 19.1. The molecule has 1 saturated heterocycles. The van der Waals surface area contributed by atoms with Crippen molar-refractivity contribution in [2.24, 2.45) is 5.92 Å². The molecular formula is C27H32F3N3O. The van der Waals surface area contributed by atoms with Crippen LogP contribution in [0, 0.1) is 23.4 Å². The Morgan fingerprint density at radius 3 is 2.44 bits per heavy atom. The van der Waals surface area contributed by atoms with Crippen molar-refractivity contribution in [1.82, 2.24) is 15.2 Å². The first-order chi connectivity index (χ1) is 16.4. The lowest BCUT2D eigenvalue weighted by Gasteiger charge is -2.36. The van der Waals surface area contributed by atoms with E-state index in [4.69, 9.17) is 0 Å². The van der Waals surface area contributed by atoms with Crippen LogP contribution in [0.3, 0.4) is 0 Å². The van der Waals surface area contributed by atoms with Gasteiger partial charge >= 0.3 is 0 Å². The van der Waals surface area contributed by atoms with Gasteiger partial charge in [0.05, 0.1) is 11.2 Å². The molecule has 0 bridgehead atoms. The van der Waals surface area contributed by atoms with Gasteiger partial charge in [0.25, 0.3) is 0 Å². The Morgan fingerprint density at radius 1 is 1.09 bits per heavy atom. The highest BCUT2D eigenvalue weighted by molar-refractivity contribution is 5.92. The molecule has 182 valence electrons. The van der Waals surface area contributed by atoms with E-state index < -0.39 is 11.6 Å². The maximum atomic E-state index is 14.5. The molecule has 2 fully saturated rings. The lowest BCUT2D eigenvalue weighted by Crippen LogP contribution is -2.44.